The smallest absolute Gasteiger partial charge is 0.168 e. The number of carbonyl (C=O) groups excluding carboxylic acids is 1. The molecule has 166 valence electrons. The molecule has 5 nitrogen and oxygen atoms in total. The highest BCUT2D eigenvalue weighted by Gasteiger charge is 2.18. The summed E-state index contributed by atoms with van der Waals surface area (Å²) in [7, 11) is 1.68. The van der Waals surface area contributed by atoms with Crippen molar-refractivity contribution in [2.24, 2.45) is 0 Å². The summed E-state index contributed by atoms with van der Waals surface area (Å²) >= 11 is 6.11. The zero-order valence-electron chi connectivity index (χ0n) is 18.1. The van der Waals surface area contributed by atoms with Crippen LogP contribution in [0.1, 0.15) is 28.7 Å². The van der Waals surface area contributed by atoms with Gasteiger partial charge in [0.1, 0.15) is 28.7 Å². The molecule has 4 aromatic rings. The number of rotatable bonds is 4. The van der Waals surface area contributed by atoms with Crippen LogP contribution < -0.4 is 0 Å². The number of imidazole rings is 1. The summed E-state index contributed by atoms with van der Waals surface area (Å²) in [5.74, 6) is 5.67. The molecule has 0 fully saturated rings. The lowest BCUT2D eigenvalue weighted by Gasteiger charge is -2.01. The maximum Gasteiger partial charge on any atom is 0.168 e. The molecule has 0 spiro atoms. The van der Waals surface area contributed by atoms with Gasteiger partial charge in [-0.1, -0.05) is 41.8 Å². The van der Waals surface area contributed by atoms with Crippen molar-refractivity contribution < 1.29 is 13.9 Å². The van der Waals surface area contributed by atoms with Gasteiger partial charge in [-0.3, -0.25) is 4.79 Å². The fraction of sp³-hybridized carbons (Fsp3) is 0.115. The number of ether oxygens (including phenoxy) is 1. The number of nitrogens with zero attached hydrogens (tertiary/aromatic N) is 2. The first-order valence-electron chi connectivity index (χ1n) is 10.1. The van der Waals surface area contributed by atoms with Crippen LogP contribution in [0.5, 0.6) is 0 Å². The summed E-state index contributed by atoms with van der Waals surface area (Å²) in [5, 5.41) is 0.201. The molecular weight excluding hydrogens is 441 g/mol. The van der Waals surface area contributed by atoms with E-state index < -0.39 is 5.82 Å². The van der Waals surface area contributed by atoms with Crippen molar-refractivity contribution in [3.63, 3.8) is 0 Å². The van der Waals surface area contributed by atoms with E-state index in [9.17, 15) is 9.18 Å². The van der Waals surface area contributed by atoms with Crippen molar-refractivity contribution in [1.82, 2.24) is 15.0 Å². The second-order valence-corrected chi connectivity index (χ2v) is 7.09. The number of carbonyl (C=O) groups is 1. The van der Waals surface area contributed by atoms with Crippen LogP contribution in [0.4, 0.5) is 4.39 Å². The SMILES string of the molecule is CCOC.O=Cc1[nH]c(-c2c(F)cccc2Cl)nc1-c1ccc(C#Cc2ccccc2)nc1. The standard InChI is InChI=1S/C23H13ClFN3O.C3H8O/c24-18-7-4-8-19(25)21(18)23-27-20(14-29)22(28-23)16-10-12-17(26-13-16)11-9-15-5-2-1-3-6-15;1-3-4-2/h1-8,10,12-14H,(H,27,28);3H2,1-2H3. The van der Waals surface area contributed by atoms with Crippen LogP contribution in [0.3, 0.4) is 0 Å². The van der Waals surface area contributed by atoms with Gasteiger partial charge in [0.15, 0.2) is 6.29 Å². The highest BCUT2D eigenvalue weighted by Crippen LogP contribution is 2.31. The van der Waals surface area contributed by atoms with Crippen LogP contribution >= 0.6 is 11.6 Å². The van der Waals surface area contributed by atoms with Crippen molar-refractivity contribution in [3.8, 4) is 34.5 Å². The fourth-order valence-electron chi connectivity index (χ4n) is 2.80. The van der Waals surface area contributed by atoms with Gasteiger partial charge in [0.25, 0.3) is 0 Å². The topological polar surface area (TPSA) is 67.9 Å². The highest BCUT2D eigenvalue weighted by molar-refractivity contribution is 6.33. The summed E-state index contributed by atoms with van der Waals surface area (Å²) in [5.41, 5.74) is 2.77. The van der Waals surface area contributed by atoms with Gasteiger partial charge in [0, 0.05) is 31.0 Å². The molecule has 0 saturated heterocycles. The van der Waals surface area contributed by atoms with Crippen molar-refractivity contribution >= 4 is 17.9 Å². The molecule has 0 aliphatic carbocycles. The minimum atomic E-state index is -0.528. The van der Waals surface area contributed by atoms with E-state index >= 15 is 0 Å². The Kier molecular flexibility index (Phi) is 8.48. The monoisotopic (exact) mass is 461 g/mol. The Balaban J connectivity index is 0.000000709. The summed E-state index contributed by atoms with van der Waals surface area (Å²) in [6.07, 6.45) is 2.20. The summed E-state index contributed by atoms with van der Waals surface area (Å²) in [6.45, 7) is 2.78. The molecule has 0 amide bonds. The number of aromatic nitrogens is 3. The van der Waals surface area contributed by atoms with E-state index in [-0.39, 0.29) is 22.1 Å². The number of pyridine rings is 1. The molecular formula is C26H21ClFN3O2. The van der Waals surface area contributed by atoms with Gasteiger partial charge in [0.2, 0.25) is 0 Å². The van der Waals surface area contributed by atoms with Gasteiger partial charge in [-0.15, -0.1) is 0 Å². The third kappa shape index (κ3) is 6.13. The minimum Gasteiger partial charge on any atom is -0.385 e. The molecule has 2 aromatic carbocycles. The average molecular weight is 462 g/mol. The fourth-order valence-corrected chi connectivity index (χ4v) is 3.05. The van der Waals surface area contributed by atoms with Gasteiger partial charge in [0.05, 0.1) is 10.6 Å². The molecule has 0 unspecified atom stereocenters. The highest BCUT2D eigenvalue weighted by atomic mass is 35.5. The Labute approximate surface area is 196 Å². The second kappa shape index (κ2) is 11.7. The Morgan fingerprint density at radius 3 is 2.45 bits per heavy atom. The number of methoxy groups -OCH3 is 1. The number of hydrogen-bond donors (Lipinski definition) is 1. The summed E-state index contributed by atoms with van der Waals surface area (Å²) < 4.78 is 18.7. The van der Waals surface area contributed by atoms with Crippen molar-refractivity contribution in [2.75, 3.05) is 13.7 Å². The van der Waals surface area contributed by atoms with Crippen LogP contribution in [0.25, 0.3) is 22.6 Å². The van der Waals surface area contributed by atoms with Crippen LogP contribution in [-0.2, 0) is 4.74 Å². The molecule has 0 bridgehead atoms. The Hall–Kier alpha value is -3.79. The maximum atomic E-state index is 14.2. The lowest BCUT2D eigenvalue weighted by molar-refractivity contribution is 0.112. The molecule has 0 aliphatic heterocycles. The molecule has 33 heavy (non-hydrogen) atoms. The summed E-state index contributed by atoms with van der Waals surface area (Å²) in [6, 6.07) is 17.4. The van der Waals surface area contributed by atoms with E-state index in [1.165, 1.54) is 12.1 Å². The second-order valence-electron chi connectivity index (χ2n) is 6.69. The van der Waals surface area contributed by atoms with E-state index in [1.54, 1.807) is 31.5 Å². The molecule has 2 heterocycles. The predicted molar refractivity (Wildman–Crippen MR) is 128 cm³/mol. The lowest BCUT2D eigenvalue weighted by atomic mass is 10.1. The van der Waals surface area contributed by atoms with Gasteiger partial charge >= 0.3 is 0 Å². The van der Waals surface area contributed by atoms with E-state index in [1.807, 2.05) is 37.3 Å². The van der Waals surface area contributed by atoms with E-state index in [0.717, 1.165) is 12.2 Å². The van der Waals surface area contributed by atoms with E-state index in [2.05, 4.69) is 31.5 Å². The van der Waals surface area contributed by atoms with Gasteiger partial charge in [-0.25, -0.2) is 14.4 Å². The quantitative estimate of drug-likeness (QED) is 0.308. The molecule has 4 rings (SSSR count). The number of nitrogens with one attached hydrogen (secondary N) is 1. The zero-order chi connectivity index (χ0) is 23.6. The van der Waals surface area contributed by atoms with Crippen LogP contribution in [0, 0.1) is 17.7 Å². The van der Waals surface area contributed by atoms with Crippen molar-refractivity contribution in [2.45, 2.75) is 6.92 Å². The largest absolute Gasteiger partial charge is 0.385 e. The Morgan fingerprint density at radius 1 is 1.09 bits per heavy atom. The Bertz CT molecular complexity index is 1250. The average Bonchev–Trinajstić information content (AvgIpc) is 3.28. The number of H-pyrrole nitrogens is 1. The number of halogens is 2. The van der Waals surface area contributed by atoms with Crippen LogP contribution in [-0.4, -0.2) is 35.0 Å². The van der Waals surface area contributed by atoms with Gasteiger partial charge in [-0.05, 0) is 49.2 Å². The zero-order valence-corrected chi connectivity index (χ0v) is 18.9. The lowest BCUT2D eigenvalue weighted by Crippen LogP contribution is -1.89. The minimum absolute atomic E-state index is 0.113. The third-order valence-corrected chi connectivity index (χ3v) is 4.80. The molecule has 0 radical (unpaired) electrons. The van der Waals surface area contributed by atoms with Gasteiger partial charge in [-0.2, -0.15) is 0 Å². The Morgan fingerprint density at radius 2 is 1.85 bits per heavy atom. The predicted octanol–water partition coefficient (Wildman–Crippen LogP) is 5.80. The molecule has 7 heteroatoms. The van der Waals surface area contributed by atoms with Crippen molar-refractivity contribution in [1.29, 1.82) is 0 Å². The number of aldehydes is 1. The molecule has 2 aromatic heterocycles. The first kappa shape index (κ1) is 23.9. The molecule has 1 N–H and O–H groups in total. The first-order valence-corrected chi connectivity index (χ1v) is 10.5. The first-order chi connectivity index (χ1) is 16.1. The molecule has 0 saturated carbocycles. The molecule has 0 atom stereocenters. The maximum absolute atomic E-state index is 14.2. The van der Waals surface area contributed by atoms with E-state index in [4.69, 9.17) is 11.6 Å². The molecule has 0 aliphatic rings. The number of benzene rings is 2. The van der Waals surface area contributed by atoms with Crippen LogP contribution in [0.2, 0.25) is 5.02 Å². The normalized spacial score (nSPS) is 9.94. The third-order valence-electron chi connectivity index (χ3n) is 4.48. The van der Waals surface area contributed by atoms with Gasteiger partial charge < -0.3 is 9.72 Å². The number of hydrogen-bond acceptors (Lipinski definition) is 4. The van der Waals surface area contributed by atoms with Crippen molar-refractivity contribution in [3.05, 3.63) is 94.7 Å². The summed E-state index contributed by atoms with van der Waals surface area (Å²) in [4.78, 5) is 23.0. The van der Waals surface area contributed by atoms with E-state index in [0.29, 0.717) is 23.2 Å². The van der Waals surface area contributed by atoms with Crippen LogP contribution in [0.15, 0.2) is 66.9 Å². The number of aromatic amines is 1.